The molecule has 0 fully saturated rings. The number of carbonyl (C=O) groups excluding carboxylic acids is 1. The van der Waals surface area contributed by atoms with Gasteiger partial charge in [0.15, 0.2) is 5.82 Å². The monoisotopic (exact) mass is 474 g/mol. The maximum Gasteiger partial charge on any atom is 0.323 e. The summed E-state index contributed by atoms with van der Waals surface area (Å²) in [6, 6.07) is 11.7. The number of carbonyl (C=O) groups is 1. The number of anilines is 1. The van der Waals surface area contributed by atoms with Crippen LogP contribution in [0.5, 0.6) is 0 Å². The van der Waals surface area contributed by atoms with Gasteiger partial charge in [-0.3, -0.25) is 18.6 Å². The smallest absolute Gasteiger partial charge is 0.323 e. The van der Waals surface area contributed by atoms with Gasteiger partial charge in [-0.05, 0) is 31.2 Å². The molecule has 0 N–H and O–H groups in total. The van der Waals surface area contributed by atoms with Crippen LogP contribution in [0.2, 0.25) is 0 Å². The molecule has 0 amide bonds. The SMILES string of the molecule is CCN(c1ccccc1)S(=O)(=O)c1ccc(-n2c(=O)c3c(n2C)CSC3C(=O)OC)nc1. The van der Waals surface area contributed by atoms with Gasteiger partial charge in [0.2, 0.25) is 0 Å². The Morgan fingerprint density at radius 1 is 1.25 bits per heavy atom. The lowest BCUT2D eigenvalue weighted by molar-refractivity contribution is -0.140. The molecule has 9 nitrogen and oxygen atoms in total. The fourth-order valence-corrected chi connectivity index (χ4v) is 6.49. The van der Waals surface area contributed by atoms with Crippen molar-refractivity contribution in [2.45, 2.75) is 22.8 Å². The highest BCUT2D eigenvalue weighted by Gasteiger charge is 2.37. The quantitative estimate of drug-likeness (QED) is 0.505. The third kappa shape index (κ3) is 3.51. The Bertz CT molecular complexity index is 1310. The third-order valence-corrected chi connectivity index (χ3v) is 8.43. The lowest BCUT2D eigenvalue weighted by Crippen LogP contribution is -2.31. The molecule has 1 aromatic carbocycles. The summed E-state index contributed by atoms with van der Waals surface area (Å²) in [5.41, 5.74) is 1.28. The van der Waals surface area contributed by atoms with Crippen molar-refractivity contribution >= 4 is 33.4 Å². The largest absolute Gasteiger partial charge is 0.468 e. The number of pyridine rings is 1. The minimum atomic E-state index is -3.83. The molecule has 1 aliphatic rings. The summed E-state index contributed by atoms with van der Waals surface area (Å²) in [5.74, 6) is 0.281. The molecule has 11 heteroatoms. The lowest BCUT2D eigenvalue weighted by Gasteiger charge is -2.22. The molecule has 4 rings (SSSR count). The predicted octanol–water partition coefficient (Wildman–Crippen LogP) is 2.25. The highest BCUT2D eigenvalue weighted by atomic mass is 32.2. The highest BCUT2D eigenvalue weighted by molar-refractivity contribution is 7.99. The van der Waals surface area contributed by atoms with E-state index in [4.69, 9.17) is 4.74 Å². The summed E-state index contributed by atoms with van der Waals surface area (Å²) in [4.78, 5) is 29.4. The van der Waals surface area contributed by atoms with Gasteiger partial charge in [0.1, 0.15) is 10.1 Å². The second-order valence-electron chi connectivity index (χ2n) is 7.07. The zero-order chi connectivity index (χ0) is 23.0. The fourth-order valence-electron chi connectivity index (χ4n) is 3.76. The number of thioether (sulfide) groups is 1. The van der Waals surface area contributed by atoms with E-state index in [1.807, 2.05) is 6.07 Å². The van der Waals surface area contributed by atoms with Crippen molar-refractivity contribution in [1.82, 2.24) is 14.3 Å². The summed E-state index contributed by atoms with van der Waals surface area (Å²) in [5, 5.41) is -0.682. The van der Waals surface area contributed by atoms with E-state index in [1.165, 1.54) is 46.2 Å². The van der Waals surface area contributed by atoms with E-state index in [9.17, 15) is 18.0 Å². The summed E-state index contributed by atoms with van der Waals surface area (Å²) >= 11 is 1.34. The van der Waals surface area contributed by atoms with Crippen LogP contribution in [0.25, 0.3) is 5.82 Å². The first-order valence-electron chi connectivity index (χ1n) is 9.85. The minimum absolute atomic E-state index is 0.0183. The van der Waals surface area contributed by atoms with Crippen LogP contribution in [0.4, 0.5) is 5.69 Å². The molecule has 3 aromatic rings. The maximum absolute atomic E-state index is 13.2. The molecule has 0 saturated heterocycles. The number of hydrogen-bond donors (Lipinski definition) is 0. The Morgan fingerprint density at radius 2 is 1.97 bits per heavy atom. The summed E-state index contributed by atoms with van der Waals surface area (Å²) in [7, 11) is -0.832. The number of hydrogen-bond acceptors (Lipinski definition) is 7. The Balaban J connectivity index is 1.71. The van der Waals surface area contributed by atoms with Crippen LogP contribution in [-0.2, 0) is 32.4 Å². The lowest BCUT2D eigenvalue weighted by atomic mass is 10.2. The number of rotatable bonds is 6. The first kappa shape index (κ1) is 22.2. The van der Waals surface area contributed by atoms with Gasteiger partial charge in [0, 0.05) is 25.5 Å². The van der Waals surface area contributed by atoms with E-state index in [0.29, 0.717) is 17.0 Å². The van der Waals surface area contributed by atoms with Crippen LogP contribution in [0.1, 0.15) is 23.4 Å². The van der Waals surface area contributed by atoms with Crippen molar-refractivity contribution in [1.29, 1.82) is 0 Å². The van der Waals surface area contributed by atoms with Crippen LogP contribution < -0.4 is 9.86 Å². The standard InChI is InChI=1S/C21H22N4O5S2/c1-4-24(14-8-6-5-7-9-14)32(28,29)15-10-11-17(22-12-15)25-20(26)18-16(23(25)2)13-31-19(18)21(27)30-3/h5-12,19H,4,13H2,1-3H3. The van der Waals surface area contributed by atoms with E-state index in [0.717, 1.165) is 5.69 Å². The summed E-state index contributed by atoms with van der Waals surface area (Å²) in [6.07, 6.45) is 1.24. The second kappa shape index (κ2) is 8.47. The zero-order valence-electron chi connectivity index (χ0n) is 17.8. The van der Waals surface area contributed by atoms with Gasteiger partial charge in [-0.2, -0.15) is 4.68 Å². The molecule has 1 atom stereocenters. The number of nitrogens with zero attached hydrogens (tertiary/aromatic N) is 4. The molecular weight excluding hydrogens is 452 g/mol. The number of methoxy groups -OCH3 is 1. The first-order chi connectivity index (χ1) is 15.3. The first-order valence-corrected chi connectivity index (χ1v) is 12.3. The predicted molar refractivity (Wildman–Crippen MR) is 122 cm³/mol. The topological polar surface area (TPSA) is 104 Å². The second-order valence-corrected chi connectivity index (χ2v) is 10.0. The molecule has 3 heterocycles. The number of esters is 1. The van der Waals surface area contributed by atoms with Gasteiger partial charge in [-0.25, -0.2) is 13.4 Å². The molecule has 32 heavy (non-hydrogen) atoms. The number of benzene rings is 1. The van der Waals surface area contributed by atoms with Crippen molar-refractivity contribution < 1.29 is 17.9 Å². The van der Waals surface area contributed by atoms with E-state index in [2.05, 4.69) is 4.98 Å². The van der Waals surface area contributed by atoms with Gasteiger partial charge in [0.25, 0.3) is 15.6 Å². The van der Waals surface area contributed by atoms with E-state index in [-0.39, 0.29) is 22.8 Å². The highest BCUT2D eigenvalue weighted by Crippen LogP contribution is 2.40. The van der Waals surface area contributed by atoms with E-state index in [1.54, 1.807) is 42.9 Å². The van der Waals surface area contributed by atoms with E-state index < -0.39 is 21.2 Å². The van der Waals surface area contributed by atoms with Crippen molar-refractivity contribution in [3.8, 4) is 5.82 Å². The molecule has 2 aromatic heterocycles. The van der Waals surface area contributed by atoms with Crippen LogP contribution in [-0.4, -0.2) is 42.4 Å². The number of aromatic nitrogens is 3. The van der Waals surface area contributed by atoms with Gasteiger partial charge in [0.05, 0.1) is 24.1 Å². The van der Waals surface area contributed by atoms with E-state index >= 15 is 0 Å². The van der Waals surface area contributed by atoms with Crippen molar-refractivity contribution in [3.05, 3.63) is 70.3 Å². The van der Waals surface area contributed by atoms with Crippen LogP contribution in [0, 0.1) is 0 Å². The Labute approximate surface area is 189 Å². The number of sulfonamides is 1. The van der Waals surface area contributed by atoms with Gasteiger partial charge < -0.3 is 4.74 Å². The maximum atomic E-state index is 13.2. The van der Waals surface area contributed by atoms with Crippen molar-refractivity contribution in [2.75, 3.05) is 18.0 Å². The normalized spacial score (nSPS) is 15.4. The third-order valence-electron chi connectivity index (χ3n) is 5.35. The van der Waals surface area contributed by atoms with Gasteiger partial charge in [-0.15, -0.1) is 11.8 Å². The molecule has 0 radical (unpaired) electrons. The Morgan fingerprint density at radius 3 is 2.56 bits per heavy atom. The summed E-state index contributed by atoms with van der Waals surface area (Å²) in [6.45, 7) is 2.01. The molecular formula is C21H22N4O5S2. The molecule has 0 saturated carbocycles. The van der Waals surface area contributed by atoms with Crippen LogP contribution in [0.3, 0.4) is 0 Å². The molecule has 0 spiro atoms. The van der Waals surface area contributed by atoms with Crippen molar-refractivity contribution in [3.63, 3.8) is 0 Å². The fraction of sp³-hybridized carbons (Fsp3) is 0.286. The Kier molecular flexibility index (Phi) is 5.87. The van der Waals surface area contributed by atoms with Crippen LogP contribution >= 0.6 is 11.8 Å². The average molecular weight is 475 g/mol. The molecule has 0 aliphatic carbocycles. The zero-order valence-corrected chi connectivity index (χ0v) is 19.4. The molecule has 168 valence electrons. The molecule has 0 bridgehead atoms. The van der Waals surface area contributed by atoms with Gasteiger partial charge in [-0.1, -0.05) is 18.2 Å². The summed E-state index contributed by atoms with van der Waals surface area (Å²) < 4.78 is 35.4. The van der Waals surface area contributed by atoms with Crippen LogP contribution in [0.15, 0.2) is 58.4 Å². The Hall–Kier alpha value is -3.05. The molecule has 1 unspecified atom stereocenters. The van der Waals surface area contributed by atoms with Crippen molar-refractivity contribution in [2.24, 2.45) is 7.05 Å². The number of para-hydroxylation sites is 1. The molecule has 1 aliphatic heterocycles. The number of fused-ring (bicyclic) bond motifs is 1. The number of ether oxygens (including phenoxy) is 1. The minimum Gasteiger partial charge on any atom is -0.468 e. The van der Waals surface area contributed by atoms with Gasteiger partial charge >= 0.3 is 5.97 Å². The average Bonchev–Trinajstić information content (AvgIpc) is 3.34.